The molecule has 0 amide bonds. The van der Waals surface area contributed by atoms with E-state index >= 15 is 0 Å². The van der Waals surface area contributed by atoms with Gasteiger partial charge in [-0.05, 0) is 65.6 Å². The Labute approximate surface area is 237 Å². The summed E-state index contributed by atoms with van der Waals surface area (Å²) in [5.74, 6) is 0.437. The molecular weight excluding hydrogens is 523 g/mol. The molecule has 1 aliphatic rings. The normalized spacial score (nSPS) is 13.9. The number of esters is 1. The lowest BCUT2D eigenvalue weighted by Crippen LogP contribution is -2.21. The molecule has 1 aliphatic heterocycles. The number of aryl methyl sites for hydroxylation is 1. The average molecular weight is 551 g/mol. The Morgan fingerprint density at radius 3 is 2.22 bits per heavy atom. The van der Waals surface area contributed by atoms with Gasteiger partial charge in [-0.1, -0.05) is 49.4 Å². The molecule has 0 spiro atoms. The number of allylic oxidation sites excluding steroid dienone is 1. The highest BCUT2D eigenvalue weighted by molar-refractivity contribution is 5.74. The molecule has 7 nitrogen and oxygen atoms in total. The fourth-order valence-electron chi connectivity index (χ4n) is 4.47. The quantitative estimate of drug-likeness (QED) is 0.196. The summed E-state index contributed by atoms with van der Waals surface area (Å²) in [6.07, 6.45) is 0.914. The highest BCUT2D eigenvalue weighted by Crippen LogP contribution is 2.43. The van der Waals surface area contributed by atoms with Crippen molar-refractivity contribution in [3.8, 4) is 29.1 Å². The van der Waals surface area contributed by atoms with Crippen molar-refractivity contribution < 1.29 is 28.1 Å². The Morgan fingerprint density at radius 2 is 1.54 bits per heavy atom. The number of nitriles is 1. The number of carbonyl (C=O) groups is 1. The molecule has 206 valence electrons. The maximum atomic E-state index is 13.1. The number of hydrogen-bond acceptors (Lipinski definition) is 7. The molecule has 0 bridgehead atoms. The van der Waals surface area contributed by atoms with Crippen molar-refractivity contribution in [2.24, 2.45) is 5.73 Å². The molecule has 0 radical (unpaired) electrons. The summed E-state index contributed by atoms with van der Waals surface area (Å²) < 4.78 is 35.7. The van der Waals surface area contributed by atoms with Gasteiger partial charge in [-0.2, -0.15) is 5.26 Å². The van der Waals surface area contributed by atoms with Gasteiger partial charge in [0.2, 0.25) is 5.88 Å². The van der Waals surface area contributed by atoms with E-state index in [2.05, 4.69) is 13.0 Å². The van der Waals surface area contributed by atoms with Crippen LogP contribution in [0.4, 0.5) is 4.39 Å². The van der Waals surface area contributed by atoms with Gasteiger partial charge in [0.15, 0.2) is 6.61 Å². The van der Waals surface area contributed by atoms with E-state index in [0.29, 0.717) is 22.8 Å². The van der Waals surface area contributed by atoms with E-state index in [-0.39, 0.29) is 36.2 Å². The van der Waals surface area contributed by atoms with Crippen molar-refractivity contribution in [1.29, 1.82) is 5.26 Å². The van der Waals surface area contributed by atoms with Crippen LogP contribution in [0.3, 0.4) is 0 Å². The summed E-state index contributed by atoms with van der Waals surface area (Å²) in [6, 6.07) is 28.0. The molecule has 0 aromatic heterocycles. The standard InChI is InChI=1S/C33H27FN2O5/c1-2-21-5-11-25(12-6-21)39-20-31(37)40-27-15-16-28-30(17-27)41-33(36)29(18-35)32(28)23-7-13-26(14-8-23)38-19-22-3-9-24(34)10-4-22/h3-17,32H,2,19-20,36H2,1H3. The van der Waals surface area contributed by atoms with E-state index in [1.54, 1.807) is 42.5 Å². The first kappa shape index (κ1) is 27.3. The van der Waals surface area contributed by atoms with Gasteiger partial charge in [0, 0.05) is 11.6 Å². The maximum absolute atomic E-state index is 13.1. The van der Waals surface area contributed by atoms with E-state index in [1.165, 1.54) is 17.7 Å². The summed E-state index contributed by atoms with van der Waals surface area (Å²) in [6.45, 7) is 2.09. The van der Waals surface area contributed by atoms with E-state index in [9.17, 15) is 14.4 Å². The molecular formula is C33H27FN2O5. The number of rotatable bonds is 9. The van der Waals surface area contributed by atoms with Gasteiger partial charge in [-0.3, -0.25) is 0 Å². The minimum atomic E-state index is -0.575. The zero-order chi connectivity index (χ0) is 28.8. The van der Waals surface area contributed by atoms with Crippen molar-refractivity contribution in [3.63, 3.8) is 0 Å². The van der Waals surface area contributed by atoms with Gasteiger partial charge in [0.25, 0.3) is 0 Å². The summed E-state index contributed by atoms with van der Waals surface area (Å²) in [5, 5.41) is 9.86. The highest BCUT2D eigenvalue weighted by atomic mass is 19.1. The van der Waals surface area contributed by atoms with Crippen molar-refractivity contribution >= 4 is 5.97 Å². The Bertz CT molecular complexity index is 1610. The van der Waals surface area contributed by atoms with Crippen LogP contribution in [0.25, 0.3) is 0 Å². The molecule has 0 aliphatic carbocycles. The Morgan fingerprint density at radius 1 is 0.902 bits per heavy atom. The third kappa shape index (κ3) is 6.48. The van der Waals surface area contributed by atoms with Crippen LogP contribution in [0.1, 0.15) is 35.1 Å². The first-order valence-electron chi connectivity index (χ1n) is 13.0. The molecule has 4 aromatic carbocycles. The van der Waals surface area contributed by atoms with Crippen LogP contribution >= 0.6 is 0 Å². The van der Waals surface area contributed by atoms with Crippen LogP contribution in [-0.4, -0.2) is 12.6 Å². The van der Waals surface area contributed by atoms with E-state index < -0.39 is 11.9 Å². The molecule has 1 atom stereocenters. The molecule has 0 fully saturated rings. The minimum Gasteiger partial charge on any atom is -0.489 e. The third-order valence-corrected chi connectivity index (χ3v) is 6.64. The molecule has 5 rings (SSSR count). The van der Waals surface area contributed by atoms with Crippen LogP contribution < -0.4 is 24.7 Å². The van der Waals surface area contributed by atoms with Gasteiger partial charge in [0.1, 0.15) is 47.1 Å². The second-order valence-corrected chi connectivity index (χ2v) is 9.37. The first-order chi connectivity index (χ1) is 19.9. The minimum absolute atomic E-state index is 0.0241. The summed E-state index contributed by atoms with van der Waals surface area (Å²) in [4.78, 5) is 12.4. The second-order valence-electron chi connectivity index (χ2n) is 9.37. The van der Waals surface area contributed by atoms with Gasteiger partial charge < -0.3 is 24.7 Å². The van der Waals surface area contributed by atoms with Gasteiger partial charge >= 0.3 is 5.97 Å². The molecule has 0 saturated carbocycles. The molecule has 8 heteroatoms. The fourth-order valence-corrected chi connectivity index (χ4v) is 4.47. The lowest BCUT2D eigenvalue weighted by molar-refractivity contribution is -0.136. The molecule has 41 heavy (non-hydrogen) atoms. The molecule has 2 N–H and O–H groups in total. The SMILES string of the molecule is CCc1ccc(OCC(=O)Oc2ccc3c(c2)OC(N)=C(C#N)C3c2ccc(OCc3ccc(F)cc3)cc2)cc1. The first-order valence-corrected chi connectivity index (χ1v) is 13.0. The van der Waals surface area contributed by atoms with Gasteiger partial charge in [-0.15, -0.1) is 0 Å². The number of halogens is 1. The van der Waals surface area contributed by atoms with Crippen molar-refractivity contribution in [2.75, 3.05) is 6.61 Å². The third-order valence-electron chi connectivity index (χ3n) is 6.64. The number of carbonyl (C=O) groups excluding carboxylic acids is 1. The number of benzene rings is 4. The van der Waals surface area contributed by atoms with E-state index in [0.717, 1.165) is 17.5 Å². The summed E-state index contributed by atoms with van der Waals surface area (Å²) in [5.41, 5.74) is 9.90. The van der Waals surface area contributed by atoms with Crippen molar-refractivity contribution in [3.05, 3.63) is 131 Å². The lowest BCUT2D eigenvalue weighted by atomic mass is 9.83. The Hall–Kier alpha value is -5.29. The van der Waals surface area contributed by atoms with Crippen LogP contribution in [0.5, 0.6) is 23.0 Å². The predicted octanol–water partition coefficient (Wildman–Crippen LogP) is 6.17. The Balaban J connectivity index is 1.28. The molecule has 1 unspecified atom stereocenters. The zero-order valence-electron chi connectivity index (χ0n) is 22.3. The van der Waals surface area contributed by atoms with Crippen LogP contribution in [0, 0.1) is 17.1 Å². The predicted molar refractivity (Wildman–Crippen MR) is 150 cm³/mol. The van der Waals surface area contributed by atoms with Gasteiger partial charge in [0.05, 0.1) is 5.92 Å². The monoisotopic (exact) mass is 550 g/mol. The smallest absolute Gasteiger partial charge is 0.349 e. The summed E-state index contributed by atoms with van der Waals surface area (Å²) >= 11 is 0. The second kappa shape index (κ2) is 12.3. The number of fused-ring (bicyclic) bond motifs is 1. The van der Waals surface area contributed by atoms with Crippen LogP contribution in [-0.2, 0) is 17.8 Å². The lowest BCUT2D eigenvalue weighted by Gasteiger charge is -2.26. The highest BCUT2D eigenvalue weighted by Gasteiger charge is 2.31. The van der Waals surface area contributed by atoms with Crippen molar-refractivity contribution in [1.82, 2.24) is 0 Å². The number of ether oxygens (including phenoxy) is 4. The fraction of sp³-hybridized carbons (Fsp3) is 0.152. The number of hydrogen-bond donors (Lipinski definition) is 1. The number of nitrogens with two attached hydrogens (primary N) is 1. The van der Waals surface area contributed by atoms with Crippen LogP contribution in [0.15, 0.2) is 102 Å². The molecule has 0 saturated heterocycles. The van der Waals surface area contributed by atoms with E-state index in [1.807, 2.05) is 36.4 Å². The van der Waals surface area contributed by atoms with Gasteiger partial charge in [-0.25, -0.2) is 9.18 Å². The largest absolute Gasteiger partial charge is 0.489 e. The number of nitrogens with zero attached hydrogens (tertiary/aromatic N) is 1. The zero-order valence-corrected chi connectivity index (χ0v) is 22.3. The topological polar surface area (TPSA) is 104 Å². The van der Waals surface area contributed by atoms with E-state index in [4.69, 9.17) is 24.7 Å². The Kier molecular flexibility index (Phi) is 8.16. The maximum Gasteiger partial charge on any atom is 0.349 e. The van der Waals surface area contributed by atoms with Crippen LogP contribution in [0.2, 0.25) is 0 Å². The molecule has 4 aromatic rings. The average Bonchev–Trinajstić information content (AvgIpc) is 2.99. The molecule has 1 heterocycles. The van der Waals surface area contributed by atoms with Crippen molar-refractivity contribution in [2.45, 2.75) is 25.9 Å². The summed E-state index contributed by atoms with van der Waals surface area (Å²) in [7, 11) is 0.